The molecule has 3 saturated carbocycles. The Balaban J connectivity index is 1.34. The second-order valence-electron chi connectivity index (χ2n) is 15.3. The van der Waals surface area contributed by atoms with E-state index in [1.165, 1.54) is 23.6 Å². The third kappa shape index (κ3) is 4.96. The van der Waals surface area contributed by atoms with Crippen LogP contribution >= 0.6 is 0 Å². The zero-order chi connectivity index (χ0) is 30.9. The lowest BCUT2D eigenvalue weighted by atomic mass is 9.32. The first-order valence-corrected chi connectivity index (χ1v) is 17.2. The van der Waals surface area contributed by atoms with Gasteiger partial charge < -0.3 is 10.1 Å². The Bertz CT molecular complexity index is 1250. The van der Waals surface area contributed by atoms with E-state index in [0.29, 0.717) is 26.1 Å². The molecule has 2 heterocycles. The molecule has 3 aliphatic carbocycles. The molecule has 0 aromatic heterocycles. The normalized spacial score (nSPS) is 34.9. The van der Waals surface area contributed by atoms with E-state index >= 15 is 0 Å². The van der Waals surface area contributed by atoms with Gasteiger partial charge in [0.15, 0.2) is 0 Å². The zero-order valence-electron chi connectivity index (χ0n) is 26.3. The van der Waals surface area contributed by atoms with Crippen molar-refractivity contribution in [3.05, 3.63) is 12.7 Å². The number of carbonyl (C=O) groups is 3. The van der Waals surface area contributed by atoms with Gasteiger partial charge in [-0.1, -0.05) is 39.7 Å². The maximum atomic E-state index is 14.0. The first-order chi connectivity index (χ1) is 19.4. The van der Waals surface area contributed by atoms with Gasteiger partial charge in [-0.2, -0.15) is 12.7 Å². The van der Waals surface area contributed by atoms with Gasteiger partial charge in [0.2, 0.25) is 5.91 Å². The standard InChI is InChI=1S/C31H50N4O6S/c1-8-11-21-12-15-34(18-21)42(39,40)33-25(37)31(16-22(31)9-2)32-24(36)23-17-30(19-29(13-10-14-29)28(30,6)7)20-35(23)26(38)41-27(3,4)5/h9,21-23H,2,8,10-20H2,1,3-7H3,(H,32,36)(H,33,37). The molecule has 5 aliphatic rings. The third-order valence-electron chi connectivity index (χ3n) is 11.6. The van der Waals surface area contributed by atoms with Crippen LogP contribution in [0, 0.1) is 28.1 Å². The summed E-state index contributed by atoms with van der Waals surface area (Å²) in [7, 11) is -4.06. The Morgan fingerprint density at radius 3 is 2.33 bits per heavy atom. The fourth-order valence-corrected chi connectivity index (χ4v) is 9.83. The molecule has 2 N–H and O–H groups in total. The highest BCUT2D eigenvalue weighted by molar-refractivity contribution is 7.87. The summed E-state index contributed by atoms with van der Waals surface area (Å²) in [5.41, 5.74) is -2.18. The molecular weight excluding hydrogens is 556 g/mol. The number of hydrogen-bond donors (Lipinski definition) is 2. The molecule has 0 radical (unpaired) electrons. The minimum absolute atomic E-state index is 0.0503. The highest BCUT2D eigenvalue weighted by Crippen LogP contribution is 2.77. The molecule has 5 unspecified atom stereocenters. The first kappa shape index (κ1) is 31.3. The Hall–Kier alpha value is -2.14. The molecule has 5 fully saturated rings. The highest BCUT2D eigenvalue weighted by Gasteiger charge is 2.73. The van der Waals surface area contributed by atoms with Crippen molar-refractivity contribution >= 4 is 28.1 Å². The molecule has 2 aliphatic heterocycles. The average molecular weight is 607 g/mol. The minimum atomic E-state index is -4.06. The second kappa shape index (κ2) is 10.2. The predicted octanol–water partition coefficient (Wildman–Crippen LogP) is 4.13. The maximum Gasteiger partial charge on any atom is 0.410 e. The van der Waals surface area contributed by atoms with E-state index in [0.717, 1.165) is 25.7 Å². The maximum absolute atomic E-state index is 14.0. The predicted molar refractivity (Wildman–Crippen MR) is 159 cm³/mol. The molecule has 11 heteroatoms. The summed E-state index contributed by atoms with van der Waals surface area (Å²) in [5, 5.41) is 2.91. The van der Waals surface area contributed by atoms with Crippen molar-refractivity contribution in [1.29, 1.82) is 0 Å². The van der Waals surface area contributed by atoms with Crippen LogP contribution in [-0.2, 0) is 24.5 Å². The fourth-order valence-electron chi connectivity index (χ4n) is 8.53. The van der Waals surface area contributed by atoms with Gasteiger partial charge >= 0.3 is 16.3 Å². The van der Waals surface area contributed by atoms with Crippen molar-refractivity contribution in [2.45, 2.75) is 117 Å². The molecule has 10 nitrogen and oxygen atoms in total. The SMILES string of the molecule is C=CC1CC1(NC(=O)C1CC2(CN1C(=O)OC(C)(C)C)CC1(CCC1)C2(C)C)C(=O)NS(=O)(=O)N1CCC(CCC)C1. The summed E-state index contributed by atoms with van der Waals surface area (Å²) >= 11 is 0. The van der Waals surface area contributed by atoms with Gasteiger partial charge in [0.05, 0.1) is 0 Å². The first-order valence-electron chi connectivity index (χ1n) is 15.7. The minimum Gasteiger partial charge on any atom is -0.444 e. The molecular formula is C31H50N4O6S. The van der Waals surface area contributed by atoms with E-state index in [1.54, 1.807) is 31.7 Å². The summed E-state index contributed by atoms with van der Waals surface area (Å²) in [5.74, 6) is -1.34. The number of ether oxygens (including phenoxy) is 1. The van der Waals surface area contributed by atoms with Crippen LogP contribution in [0.1, 0.15) is 99.3 Å². The van der Waals surface area contributed by atoms with Crippen molar-refractivity contribution < 1.29 is 27.5 Å². The van der Waals surface area contributed by atoms with E-state index in [4.69, 9.17) is 4.74 Å². The molecule has 0 aromatic rings. The topological polar surface area (TPSA) is 125 Å². The van der Waals surface area contributed by atoms with Crippen LogP contribution in [0.2, 0.25) is 0 Å². The number of nitrogens with one attached hydrogen (secondary N) is 2. The van der Waals surface area contributed by atoms with E-state index < -0.39 is 51.2 Å². The van der Waals surface area contributed by atoms with Gasteiger partial charge in [0.25, 0.3) is 5.91 Å². The monoisotopic (exact) mass is 606 g/mol. The van der Waals surface area contributed by atoms with E-state index in [1.807, 2.05) is 0 Å². The van der Waals surface area contributed by atoms with Gasteiger partial charge in [-0.15, -0.1) is 6.58 Å². The van der Waals surface area contributed by atoms with Crippen LogP contribution < -0.4 is 10.0 Å². The number of nitrogens with zero attached hydrogens (tertiary/aromatic N) is 2. The largest absolute Gasteiger partial charge is 0.444 e. The zero-order valence-corrected chi connectivity index (χ0v) is 27.1. The summed E-state index contributed by atoms with van der Waals surface area (Å²) in [4.78, 5) is 42.6. The van der Waals surface area contributed by atoms with Crippen LogP contribution in [-0.4, -0.2) is 72.3 Å². The van der Waals surface area contributed by atoms with Gasteiger partial charge in [-0.05, 0) is 87.9 Å². The summed E-state index contributed by atoms with van der Waals surface area (Å²) < 4.78 is 35.6. The second-order valence-corrected chi connectivity index (χ2v) is 17.0. The Morgan fingerprint density at radius 2 is 1.81 bits per heavy atom. The number of carbonyl (C=O) groups excluding carboxylic acids is 3. The summed E-state index contributed by atoms with van der Waals surface area (Å²) in [6.07, 6.45) is 8.95. The van der Waals surface area contributed by atoms with Crippen molar-refractivity contribution in [2.24, 2.45) is 28.1 Å². The van der Waals surface area contributed by atoms with Crippen molar-refractivity contribution in [1.82, 2.24) is 19.2 Å². The average Bonchev–Trinajstić information content (AvgIpc) is 3.18. The van der Waals surface area contributed by atoms with Crippen LogP contribution in [0.5, 0.6) is 0 Å². The molecule has 5 atom stereocenters. The van der Waals surface area contributed by atoms with Gasteiger partial charge in [-0.3, -0.25) is 14.5 Å². The Morgan fingerprint density at radius 1 is 1.12 bits per heavy atom. The molecule has 5 rings (SSSR count). The lowest BCUT2D eigenvalue weighted by Gasteiger charge is -2.72. The Kier molecular flexibility index (Phi) is 7.61. The number of hydrogen-bond acceptors (Lipinski definition) is 6. The Labute approximate surface area is 251 Å². The molecule has 2 spiro atoms. The number of rotatable bonds is 8. The molecule has 2 saturated heterocycles. The van der Waals surface area contributed by atoms with Crippen molar-refractivity contribution in [3.8, 4) is 0 Å². The number of likely N-dealkylation sites (tertiary alicyclic amines) is 1. The van der Waals surface area contributed by atoms with Crippen LogP contribution in [0.3, 0.4) is 0 Å². The van der Waals surface area contributed by atoms with Crippen LogP contribution in [0.4, 0.5) is 4.79 Å². The quantitative estimate of drug-likeness (QED) is 0.401. The molecule has 42 heavy (non-hydrogen) atoms. The molecule has 3 amide bonds. The van der Waals surface area contributed by atoms with Crippen LogP contribution in [0.25, 0.3) is 0 Å². The van der Waals surface area contributed by atoms with Crippen molar-refractivity contribution in [3.63, 3.8) is 0 Å². The molecule has 0 aromatic carbocycles. The lowest BCUT2D eigenvalue weighted by Crippen LogP contribution is -2.66. The lowest BCUT2D eigenvalue weighted by molar-refractivity contribution is -0.231. The van der Waals surface area contributed by atoms with E-state index in [-0.39, 0.29) is 28.6 Å². The van der Waals surface area contributed by atoms with Gasteiger partial charge in [-0.25, -0.2) is 9.52 Å². The van der Waals surface area contributed by atoms with E-state index in [2.05, 4.69) is 37.4 Å². The summed E-state index contributed by atoms with van der Waals surface area (Å²) in [6.45, 7) is 17.0. The van der Waals surface area contributed by atoms with E-state index in [9.17, 15) is 22.8 Å². The van der Waals surface area contributed by atoms with Crippen molar-refractivity contribution in [2.75, 3.05) is 19.6 Å². The third-order valence-corrected chi connectivity index (χ3v) is 13.0. The number of amides is 3. The molecule has 0 bridgehead atoms. The molecule has 236 valence electrons. The highest BCUT2D eigenvalue weighted by atomic mass is 32.2. The fraction of sp³-hybridized carbons (Fsp3) is 0.839. The van der Waals surface area contributed by atoms with Gasteiger partial charge in [0, 0.05) is 25.6 Å². The summed E-state index contributed by atoms with van der Waals surface area (Å²) in [6, 6.07) is -0.822. The smallest absolute Gasteiger partial charge is 0.410 e. The van der Waals surface area contributed by atoms with Crippen LogP contribution in [0.15, 0.2) is 12.7 Å². The van der Waals surface area contributed by atoms with Gasteiger partial charge in [0.1, 0.15) is 17.2 Å².